The average molecular weight is 293 g/mol. The van der Waals surface area contributed by atoms with E-state index >= 15 is 0 Å². The molecule has 0 fully saturated rings. The maximum Gasteiger partial charge on any atom is 0.241 e. The number of ether oxygens (including phenoxy) is 1. The van der Waals surface area contributed by atoms with Crippen molar-refractivity contribution in [1.82, 2.24) is 24.5 Å². The summed E-state index contributed by atoms with van der Waals surface area (Å²) >= 11 is 0. The van der Waals surface area contributed by atoms with Crippen LogP contribution in [0.4, 0.5) is 11.9 Å². The quantitative estimate of drug-likeness (QED) is 0.643. The Morgan fingerprint density at radius 1 is 1.43 bits per heavy atom. The summed E-state index contributed by atoms with van der Waals surface area (Å²) in [5, 5.41) is 13.1. The third-order valence-electron chi connectivity index (χ3n) is 2.85. The minimum Gasteiger partial charge on any atom is -0.388 e. The number of nitrogens with two attached hydrogens (primary N) is 1. The molecule has 21 heavy (non-hydrogen) atoms. The monoisotopic (exact) mass is 293 g/mol. The number of aliphatic hydroxyl groups is 1. The van der Waals surface area contributed by atoms with Crippen LogP contribution in [0.2, 0.25) is 0 Å². The first-order valence-electron chi connectivity index (χ1n) is 6.45. The summed E-state index contributed by atoms with van der Waals surface area (Å²) < 4.78 is 6.57. The van der Waals surface area contributed by atoms with E-state index in [0.717, 1.165) is 0 Å². The first-order chi connectivity index (χ1) is 10.00. The highest BCUT2D eigenvalue weighted by atomic mass is 16.5. The van der Waals surface area contributed by atoms with Crippen molar-refractivity contribution < 1.29 is 9.84 Å². The standard InChI is InChI=1S/C12H19N7O2/c1-12(20,3-6-21-2)7-15-10-16-9(13)17-11(18-10)19-5-4-14-8-19/h4-5,8,20H,3,6-7H2,1-2H3,(H3,13,15,16,17,18). The maximum atomic E-state index is 10.2. The molecule has 0 aliphatic rings. The SMILES string of the molecule is COCCC(C)(O)CNc1nc(N)nc(-n2ccnc2)n1. The van der Waals surface area contributed by atoms with Gasteiger partial charge >= 0.3 is 0 Å². The molecule has 1 unspecified atom stereocenters. The normalized spacial score (nSPS) is 13.9. The van der Waals surface area contributed by atoms with Gasteiger partial charge in [0, 0.05) is 39.1 Å². The van der Waals surface area contributed by atoms with Crippen molar-refractivity contribution in [2.45, 2.75) is 18.9 Å². The van der Waals surface area contributed by atoms with Gasteiger partial charge in [-0.1, -0.05) is 0 Å². The summed E-state index contributed by atoms with van der Waals surface area (Å²) in [5.41, 5.74) is 4.73. The van der Waals surface area contributed by atoms with Crippen LogP contribution in [-0.4, -0.2) is 55.5 Å². The molecule has 0 amide bonds. The van der Waals surface area contributed by atoms with Crippen LogP contribution in [0.5, 0.6) is 0 Å². The summed E-state index contributed by atoms with van der Waals surface area (Å²) in [4.78, 5) is 16.2. The number of hydrogen-bond donors (Lipinski definition) is 3. The van der Waals surface area contributed by atoms with Gasteiger partial charge in [0.05, 0.1) is 5.60 Å². The number of methoxy groups -OCH3 is 1. The van der Waals surface area contributed by atoms with Gasteiger partial charge in [0.2, 0.25) is 17.8 Å². The van der Waals surface area contributed by atoms with Crippen molar-refractivity contribution in [3.8, 4) is 5.95 Å². The van der Waals surface area contributed by atoms with Crippen molar-refractivity contribution in [2.75, 3.05) is 31.3 Å². The van der Waals surface area contributed by atoms with Crippen LogP contribution in [0.3, 0.4) is 0 Å². The van der Waals surface area contributed by atoms with E-state index in [1.54, 1.807) is 37.3 Å². The smallest absolute Gasteiger partial charge is 0.241 e. The molecule has 0 saturated heterocycles. The second-order valence-corrected chi connectivity index (χ2v) is 4.88. The van der Waals surface area contributed by atoms with Gasteiger partial charge in [-0.3, -0.25) is 4.57 Å². The van der Waals surface area contributed by atoms with Crippen LogP contribution < -0.4 is 11.1 Å². The first-order valence-corrected chi connectivity index (χ1v) is 6.45. The molecule has 0 bridgehead atoms. The van der Waals surface area contributed by atoms with Gasteiger partial charge in [0.25, 0.3) is 0 Å². The van der Waals surface area contributed by atoms with Crippen molar-refractivity contribution in [1.29, 1.82) is 0 Å². The maximum absolute atomic E-state index is 10.2. The number of imidazole rings is 1. The molecular weight excluding hydrogens is 274 g/mol. The topological polar surface area (TPSA) is 124 Å². The van der Waals surface area contributed by atoms with Crippen LogP contribution in [0.25, 0.3) is 5.95 Å². The Bertz CT molecular complexity index is 571. The molecule has 0 radical (unpaired) electrons. The molecular formula is C12H19N7O2. The van der Waals surface area contributed by atoms with Gasteiger partial charge in [-0.15, -0.1) is 0 Å². The van der Waals surface area contributed by atoms with Gasteiger partial charge in [-0.25, -0.2) is 4.98 Å². The molecule has 0 aliphatic heterocycles. The fraction of sp³-hybridized carbons (Fsp3) is 0.500. The van der Waals surface area contributed by atoms with Gasteiger partial charge in [0.1, 0.15) is 6.33 Å². The summed E-state index contributed by atoms with van der Waals surface area (Å²) in [6, 6.07) is 0. The fourth-order valence-corrected chi connectivity index (χ4v) is 1.63. The highest BCUT2D eigenvalue weighted by Crippen LogP contribution is 2.12. The van der Waals surface area contributed by atoms with Crippen molar-refractivity contribution in [3.63, 3.8) is 0 Å². The number of rotatable bonds is 7. The Labute approximate surface area is 122 Å². The molecule has 0 aliphatic carbocycles. The van der Waals surface area contributed by atoms with Crippen LogP contribution in [0.1, 0.15) is 13.3 Å². The van der Waals surface area contributed by atoms with E-state index in [1.165, 1.54) is 0 Å². The van der Waals surface area contributed by atoms with E-state index < -0.39 is 5.60 Å². The predicted molar refractivity (Wildman–Crippen MR) is 77.0 cm³/mol. The molecule has 2 rings (SSSR count). The second kappa shape index (κ2) is 6.46. The zero-order chi connectivity index (χ0) is 15.3. The Balaban J connectivity index is 2.07. The van der Waals surface area contributed by atoms with Crippen LogP contribution >= 0.6 is 0 Å². The van der Waals surface area contributed by atoms with Crippen molar-refractivity contribution >= 4 is 11.9 Å². The van der Waals surface area contributed by atoms with Gasteiger partial charge in [0.15, 0.2) is 0 Å². The lowest BCUT2D eigenvalue weighted by atomic mass is 10.0. The number of anilines is 2. The van der Waals surface area contributed by atoms with E-state index in [0.29, 0.717) is 24.9 Å². The van der Waals surface area contributed by atoms with Crippen LogP contribution in [-0.2, 0) is 4.74 Å². The lowest BCUT2D eigenvalue weighted by Crippen LogP contribution is -2.35. The number of nitrogens with one attached hydrogen (secondary N) is 1. The van der Waals surface area contributed by atoms with E-state index in [2.05, 4.69) is 25.3 Å². The Morgan fingerprint density at radius 2 is 2.24 bits per heavy atom. The molecule has 0 spiro atoms. The number of aromatic nitrogens is 5. The highest BCUT2D eigenvalue weighted by molar-refractivity contribution is 5.35. The molecule has 1 atom stereocenters. The molecule has 2 aromatic heterocycles. The molecule has 114 valence electrons. The number of nitrogen functional groups attached to an aromatic ring is 1. The molecule has 0 aromatic carbocycles. The minimum atomic E-state index is -0.938. The summed E-state index contributed by atoms with van der Waals surface area (Å²) in [5.74, 6) is 0.746. The third-order valence-corrected chi connectivity index (χ3v) is 2.85. The molecule has 2 heterocycles. The van der Waals surface area contributed by atoms with E-state index in [1.807, 2.05) is 0 Å². The molecule has 9 nitrogen and oxygen atoms in total. The van der Waals surface area contributed by atoms with Gasteiger partial charge in [-0.05, 0) is 6.92 Å². The number of hydrogen-bond acceptors (Lipinski definition) is 8. The van der Waals surface area contributed by atoms with Crippen molar-refractivity contribution in [3.05, 3.63) is 18.7 Å². The summed E-state index contributed by atoms with van der Waals surface area (Å²) in [7, 11) is 1.59. The Hall–Kier alpha value is -2.26. The first kappa shape index (κ1) is 15.1. The van der Waals surface area contributed by atoms with Crippen LogP contribution in [0.15, 0.2) is 18.7 Å². The van der Waals surface area contributed by atoms with Crippen LogP contribution in [0, 0.1) is 0 Å². The Morgan fingerprint density at radius 3 is 2.90 bits per heavy atom. The lowest BCUT2D eigenvalue weighted by Gasteiger charge is -2.23. The molecule has 4 N–H and O–H groups in total. The molecule has 0 saturated carbocycles. The zero-order valence-corrected chi connectivity index (χ0v) is 12.0. The zero-order valence-electron chi connectivity index (χ0n) is 12.0. The number of nitrogens with zero attached hydrogens (tertiary/aromatic N) is 5. The largest absolute Gasteiger partial charge is 0.388 e. The summed E-state index contributed by atoms with van der Waals surface area (Å²) in [6.45, 7) is 2.44. The average Bonchev–Trinajstić information content (AvgIpc) is 2.97. The second-order valence-electron chi connectivity index (χ2n) is 4.88. The predicted octanol–water partition coefficient (Wildman–Crippen LogP) is -0.161. The van der Waals surface area contributed by atoms with Crippen molar-refractivity contribution in [2.24, 2.45) is 0 Å². The summed E-state index contributed by atoms with van der Waals surface area (Å²) in [6.07, 6.45) is 5.37. The van der Waals surface area contributed by atoms with Gasteiger partial charge in [-0.2, -0.15) is 15.0 Å². The fourth-order valence-electron chi connectivity index (χ4n) is 1.63. The molecule has 2 aromatic rings. The van der Waals surface area contributed by atoms with E-state index in [9.17, 15) is 5.11 Å². The van der Waals surface area contributed by atoms with E-state index in [-0.39, 0.29) is 12.5 Å². The minimum absolute atomic E-state index is 0.0905. The molecule has 9 heteroatoms. The lowest BCUT2D eigenvalue weighted by molar-refractivity contribution is 0.0356. The van der Waals surface area contributed by atoms with E-state index in [4.69, 9.17) is 10.5 Å². The highest BCUT2D eigenvalue weighted by Gasteiger charge is 2.20. The van der Waals surface area contributed by atoms with Gasteiger partial charge < -0.3 is 20.9 Å². The Kier molecular flexibility index (Phi) is 4.66. The third kappa shape index (κ3) is 4.36.